The lowest BCUT2D eigenvalue weighted by atomic mass is 10.2. The highest BCUT2D eigenvalue weighted by molar-refractivity contribution is 5.81. The van der Waals surface area contributed by atoms with Crippen LogP contribution in [0.2, 0.25) is 0 Å². The van der Waals surface area contributed by atoms with Gasteiger partial charge in [-0.15, -0.1) is 0 Å². The van der Waals surface area contributed by atoms with Gasteiger partial charge in [-0.05, 0) is 0 Å². The maximum atomic E-state index is 9.58. The molecule has 17 heavy (non-hydrogen) atoms. The van der Waals surface area contributed by atoms with E-state index in [1.165, 1.54) is 17.2 Å². The van der Waals surface area contributed by atoms with E-state index in [9.17, 15) is 10.2 Å². The molecule has 8 heteroatoms. The quantitative estimate of drug-likeness (QED) is 0.491. The zero-order valence-electron chi connectivity index (χ0n) is 8.93. The molecule has 2 aromatic rings. The first-order valence-electron chi connectivity index (χ1n) is 5.01. The standard InChI is InChI=1S/C9H13N5O3/c10-8-7-9(12-3-11-8)14(4-13-7)1-5(16)6(17)2-15/h3-6,15-17H,1-2H2,(H2,10,11,12)/t5-,6-/m1/s1. The van der Waals surface area contributed by atoms with Gasteiger partial charge in [-0.3, -0.25) is 0 Å². The van der Waals surface area contributed by atoms with Crippen LogP contribution in [0.15, 0.2) is 12.7 Å². The molecule has 2 atom stereocenters. The largest absolute Gasteiger partial charge is 0.394 e. The van der Waals surface area contributed by atoms with Crippen molar-refractivity contribution in [2.24, 2.45) is 0 Å². The number of imidazole rings is 1. The van der Waals surface area contributed by atoms with E-state index in [-0.39, 0.29) is 12.4 Å². The average molecular weight is 239 g/mol. The molecule has 0 aliphatic heterocycles. The van der Waals surface area contributed by atoms with Gasteiger partial charge in [0.25, 0.3) is 0 Å². The van der Waals surface area contributed by atoms with Gasteiger partial charge in [0.15, 0.2) is 11.5 Å². The van der Waals surface area contributed by atoms with E-state index in [0.717, 1.165) is 0 Å². The fourth-order valence-corrected chi connectivity index (χ4v) is 1.48. The third-order valence-corrected chi connectivity index (χ3v) is 2.44. The normalized spacial score (nSPS) is 15.0. The van der Waals surface area contributed by atoms with E-state index >= 15 is 0 Å². The summed E-state index contributed by atoms with van der Waals surface area (Å²) in [5.74, 6) is 0.256. The maximum Gasteiger partial charge on any atom is 0.165 e. The lowest BCUT2D eigenvalue weighted by Gasteiger charge is -2.15. The van der Waals surface area contributed by atoms with Crippen molar-refractivity contribution in [3.05, 3.63) is 12.7 Å². The van der Waals surface area contributed by atoms with Crippen molar-refractivity contribution >= 4 is 17.0 Å². The Kier molecular flexibility index (Phi) is 3.18. The van der Waals surface area contributed by atoms with E-state index in [1.54, 1.807) is 0 Å². The molecule has 2 rings (SSSR count). The van der Waals surface area contributed by atoms with Crippen LogP contribution in [0.4, 0.5) is 5.82 Å². The molecule has 0 amide bonds. The van der Waals surface area contributed by atoms with Gasteiger partial charge in [-0.25, -0.2) is 15.0 Å². The lowest BCUT2D eigenvalue weighted by molar-refractivity contribution is -0.0211. The van der Waals surface area contributed by atoms with Crippen LogP contribution in [0, 0.1) is 0 Å². The monoisotopic (exact) mass is 239 g/mol. The molecule has 92 valence electrons. The van der Waals surface area contributed by atoms with Gasteiger partial charge < -0.3 is 25.6 Å². The highest BCUT2D eigenvalue weighted by Crippen LogP contribution is 2.14. The third-order valence-electron chi connectivity index (χ3n) is 2.44. The number of nitrogen functional groups attached to an aromatic ring is 1. The molecule has 0 aromatic carbocycles. The minimum atomic E-state index is -1.20. The summed E-state index contributed by atoms with van der Waals surface area (Å²) in [4.78, 5) is 11.8. The number of rotatable bonds is 4. The van der Waals surface area contributed by atoms with Gasteiger partial charge in [-0.2, -0.15) is 0 Å². The smallest absolute Gasteiger partial charge is 0.165 e. The Morgan fingerprint density at radius 2 is 2.00 bits per heavy atom. The van der Waals surface area contributed by atoms with Crippen LogP contribution < -0.4 is 5.73 Å². The van der Waals surface area contributed by atoms with E-state index < -0.39 is 18.8 Å². The summed E-state index contributed by atoms with van der Waals surface area (Å²) in [6.45, 7) is -0.445. The number of hydrogen-bond acceptors (Lipinski definition) is 7. The molecular weight excluding hydrogens is 226 g/mol. The number of aliphatic hydroxyl groups excluding tert-OH is 3. The molecule has 0 aliphatic carbocycles. The molecule has 0 radical (unpaired) electrons. The van der Waals surface area contributed by atoms with Crippen LogP contribution in [0.3, 0.4) is 0 Å². The van der Waals surface area contributed by atoms with E-state index in [1.807, 2.05) is 0 Å². The summed E-state index contributed by atoms with van der Waals surface area (Å²) in [6, 6.07) is 0. The molecule has 2 aromatic heterocycles. The predicted octanol–water partition coefficient (Wildman–Crippen LogP) is -1.88. The molecule has 0 unspecified atom stereocenters. The maximum absolute atomic E-state index is 9.58. The molecule has 5 N–H and O–H groups in total. The Labute approximate surface area is 96.4 Å². The second-order valence-electron chi connectivity index (χ2n) is 3.65. The van der Waals surface area contributed by atoms with Crippen molar-refractivity contribution < 1.29 is 15.3 Å². The van der Waals surface area contributed by atoms with Crippen LogP contribution in [-0.2, 0) is 6.54 Å². The highest BCUT2D eigenvalue weighted by atomic mass is 16.4. The first-order chi connectivity index (χ1) is 8.13. The van der Waals surface area contributed by atoms with Crippen molar-refractivity contribution in [2.45, 2.75) is 18.8 Å². The SMILES string of the molecule is Nc1ncnc2c1ncn2C[C@@H](O)[C@H](O)CO. The fraction of sp³-hybridized carbons (Fsp3) is 0.444. The van der Waals surface area contributed by atoms with Crippen LogP contribution >= 0.6 is 0 Å². The first kappa shape index (κ1) is 11.7. The summed E-state index contributed by atoms with van der Waals surface area (Å²) >= 11 is 0. The van der Waals surface area contributed by atoms with Crippen molar-refractivity contribution in [3.8, 4) is 0 Å². The summed E-state index contributed by atoms with van der Waals surface area (Å²) in [6.07, 6.45) is 0.438. The topological polar surface area (TPSA) is 130 Å². The summed E-state index contributed by atoms with van der Waals surface area (Å²) in [7, 11) is 0. The summed E-state index contributed by atoms with van der Waals surface area (Å²) in [5, 5.41) is 27.6. The van der Waals surface area contributed by atoms with Gasteiger partial charge in [0.1, 0.15) is 24.1 Å². The molecule has 0 saturated heterocycles. The Balaban J connectivity index is 2.28. The van der Waals surface area contributed by atoms with Crippen LogP contribution in [0.25, 0.3) is 11.2 Å². The zero-order valence-corrected chi connectivity index (χ0v) is 8.93. The van der Waals surface area contributed by atoms with Gasteiger partial charge >= 0.3 is 0 Å². The Morgan fingerprint density at radius 3 is 2.71 bits per heavy atom. The van der Waals surface area contributed by atoms with E-state index in [0.29, 0.717) is 11.2 Å². The second-order valence-corrected chi connectivity index (χ2v) is 3.65. The fourth-order valence-electron chi connectivity index (χ4n) is 1.48. The lowest BCUT2D eigenvalue weighted by Crippen LogP contribution is -2.33. The minimum Gasteiger partial charge on any atom is -0.394 e. The van der Waals surface area contributed by atoms with Crippen LogP contribution in [0.5, 0.6) is 0 Å². The summed E-state index contributed by atoms with van der Waals surface area (Å²) in [5.41, 5.74) is 6.52. The second kappa shape index (κ2) is 4.62. The molecule has 8 nitrogen and oxygen atoms in total. The molecule has 0 saturated carbocycles. The highest BCUT2D eigenvalue weighted by Gasteiger charge is 2.17. The average Bonchev–Trinajstić information content (AvgIpc) is 2.73. The number of aliphatic hydroxyl groups is 3. The van der Waals surface area contributed by atoms with E-state index in [2.05, 4.69) is 15.0 Å². The molecule has 0 spiro atoms. The Hall–Kier alpha value is -1.77. The predicted molar refractivity (Wildman–Crippen MR) is 58.8 cm³/mol. The molecule has 2 heterocycles. The zero-order chi connectivity index (χ0) is 12.4. The van der Waals surface area contributed by atoms with Gasteiger partial charge in [0.2, 0.25) is 0 Å². The van der Waals surface area contributed by atoms with Crippen LogP contribution in [0.1, 0.15) is 0 Å². The van der Waals surface area contributed by atoms with Crippen molar-refractivity contribution in [1.82, 2.24) is 19.5 Å². The number of nitrogens with two attached hydrogens (primary N) is 1. The third kappa shape index (κ3) is 2.18. The summed E-state index contributed by atoms with van der Waals surface area (Å²) < 4.78 is 1.54. The van der Waals surface area contributed by atoms with Crippen molar-refractivity contribution in [3.63, 3.8) is 0 Å². The van der Waals surface area contributed by atoms with Crippen LogP contribution in [-0.4, -0.2) is 53.7 Å². The molecule has 0 fully saturated rings. The number of nitrogens with zero attached hydrogens (tertiary/aromatic N) is 4. The molecule has 0 aliphatic rings. The van der Waals surface area contributed by atoms with Crippen molar-refractivity contribution in [1.29, 1.82) is 0 Å². The van der Waals surface area contributed by atoms with Gasteiger partial charge in [0.05, 0.1) is 19.5 Å². The van der Waals surface area contributed by atoms with Gasteiger partial charge in [0, 0.05) is 0 Å². The number of aromatic nitrogens is 4. The Morgan fingerprint density at radius 1 is 1.24 bits per heavy atom. The molecular formula is C9H13N5O3. The number of anilines is 1. The number of hydrogen-bond donors (Lipinski definition) is 4. The first-order valence-corrected chi connectivity index (χ1v) is 5.01. The van der Waals surface area contributed by atoms with E-state index in [4.69, 9.17) is 10.8 Å². The number of fused-ring (bicyclic) bond motifs is 1. The molecule has 0 bridgehead atoms. The minimum absolute atomic E-state index is 0.0642. The Bertz CT molecular complexity index is 514. The van der Waals surface area contributed by atoms with Gasteiger partial charge in [-0.1, -0.05) is 0 Å². The van der Waals surface area contributed by atoms with Crippen molar-refractivity contribution in [2.75, 3.05) is 12.3 Å².